The van der Waals surface area contributed by atoms with E-state index in [4.69, 9.17) is 9.47 Å². The van der Waals surface area contributed by atoms with Crippen molar-refractivity contribution in [2.75, 3.05) is 0 Å². The van der Waals surface area contributed by atoms with Crippen LogP contribution in [0.1, 0.15) is 63.1 Å². The van der Waals surface area contributed by atoms with Gasteiger partial charge in [-0.15, -0.1) is 0 Å². The third kappa shape index (κ3) is 3.63. The Labute approximate surface area is 176 Å². The fourth-order valence-electron chi connectivity index (χ4n) is 4.03. The molecule has 1 aliphatic heterocycles. The Morgan fingerprint density at radius 2 is 1.67 bits per heavy atom. The number of carbonyl (C=O) groups excluding carboxylic acids is 1. The zero-order valence-corrected chi connectivity index (χ0v) is 18.0. The minimum Gasteiger partial charge on any atom is -0.508 e. The molecule has 0 atom stereocenters. The van der Waals surface area contributed by atoms with Gasteiger partial charge in [0.2, 0.25) is 0 Å². The highest BCUT2D eigenvalue weighted by Gasteiger charge is 2.48. The number of aliphatic hydroxyl groups excluding tert-OH is 1. The molecule has 2 aromatic rings. The predicted molar refractivity (Wildman–Crippen MR) is 113 cm³/mol. The molecule has 0 spiro atoms. The molecule has 4 nitrogen and oxygen atoms in total. The van der Waals surface area contributed by atoms with E-state index < -0.39 is 11.2 Å². The molecule has 0 bridgehead atoms. The fourth-order valence-corrected chi connectivity index (χ4v) is 4.03. The zero-order chi connectivity index (χ0) is 21.8. The summed E-state index contributed by atoms with van der Waals surface area (Å²) in [6.07, 6.45) is 2.09. The van der Waals surface area contributed by atoms with Gasteiger partial charge in [0.15, 0.2) is 5.78 Å². The largest absolute Gasteiger partial charge is 0.508 e. The highest BCUT2D eigenvalue weighted by molar-refractivity contribution is 6.26. The predicted octanol–water partition coefficient (Wildman–Crippen LogP) is 6.23. The Kier molecular flexibility index (Phi) is 4.77. The molecule has 4 rings (SSSR count). The molecule has 30 heavy (non-hydrogen) atoms. The molecular weight excluding hydrogens is 383 g/mol. The molecule has 0 aromatic heterocycles. The van der Waals surface area contributed by atoms with Crippen LogP contribution < -0.4 is 4.74 Å². The van der Waals surface area contributed by atoms with Gasteiger partial charge in [-0.1, -0.05) is 12.1 Å². The first kappa shape index (κ1) is 20.6. The summed E-state index contributed by atoms with van der Waals surface area (Å²) in [6.45, 7) is 8.63. The van der Waals surface area contributed by atoms with Gasteiger partial charge in [-0.3, -0.25) is 4.79 Å². The number of hydrogen-bond donors (Lipinski definition) is 1. The molecule has 2 aromatic carbocycles. The maximum atomic E-state index is 13.9. The molecule has 1 aliphatic carbocycles. The van der Waals surface area contributed by atoms with Gasteiger partial charge < -0.3 is 14.6 Å². The van der Waals surface area contributed by atoms with Crippen molar-refractivity contribution in [1.82, 2.24) is 0 Å². The topological polar surface area (TPSA) is 55.8 Å². The maximum Gasteiger partial charge on any atom is 0.198 e. The van der Waals surface area contributed by atoms with Gasteiger partial charge in [-0.05, 0) is 88.3 Å². The number of hydrogen-bond acceptors (Lipinski definition) is 4. The smallest absolute Gasteiger partial charge is 0.198 e. The van der Waals surface area contributed by atoms with E-state index in [1.165, 1.54) is 6.07 Å². The third-order valence-electron chi connectivity index (χ3n) is 5.78. The molecular formula is C25H27FO4. The minimum absolute atomic E-state index is 0.0766. The molecule has 0 saturated heterocycles. The lowest BCUT2D eigenvalue weighted by molar-refractivity contribution is -0.158. The summed E-state index contributed by atoms with van der Waals surface area (Å²) in [6, 6.07) is 10.2. The standard InChI is InChI=1S/C25H27FO4/c1-14-6-9-17(13-20(14)26)29-16-10-11-18(15-7-8-15)19(12-16)21-22(27)24(2,3)30-25(4,5)23(21)28/h6,9-13,15,27H,7-8H2,1-5H3. The number of Topliss-reactive ketones (excluding diaryl/α,β-unsaturated/α-hetero) is 1. The SMILES string of the molecule is Cc1ccc(Oc2ccc(C3CC3)c(C3=C(O)C(C)(C)OC(C)(C)C3=O)c2)cc1F. The Morgan fingerprint density at radius 1 is 1.03 bits per heavy atom. The molecule has 5 heteroatoms. The molecule has 0 radical (unpaired) electrons. The maximum absolute atomic E-state index is 13.9. The number of aryl methyl sites for hydroxylation is 1. The molecule has 1 heterocycles. The monoisotopic (exact) mass is 410 g/mol. The van der Waals surface area contributed by atoms with Gasteiger partial charge >= 0.3 is 0 Å². The summed E-state index contributed by atoms with van der Waals surface area (Å²) >= 11 is 0. The molecule has 2 aliphatic rings. The lowest BCUT2D eigenvalue weighted by Crippen LogP contribution is -2.49. The molecule has 1 fully saturated rings. The molecule has 1 saturated carbocycles. The Morgan fingerprint density at radius 3 is 2.30 bits per heavy atom. The van der Waals surface area contributed by atoms with Crippen LogP contribution in [0.5, 0.6) is 11.5 Å². The van der Waals surface area contributed by atoms with Gasteiger partial charge in [-0.25, -0.2) is 4.39 Å². The van der Waals surface area contributed by atoms with E-state index in [1.807, 2.05) is 12.1 Å². The molecule has 0 unspecified atom stereocenters. The van der Waals surface area contributed by atoms with E-state index in [0.29, 0.717) is 28.5 Å². The third-order valence-corrected chi connectivity index (χ3v) is 5.78. The highest BCUT2D eigenvalue weighted by atomic mass is 19.1. The van der Waals surface area contributed by atoms with Crippen molar-refractivity contribution in [1.29, 1.82) is 0 Å². The van der Waals surface area contributed by atoms with Crippen LogP contribution in [0.3, 0.4) is 0 Å². The Balaban J connectivity index is 1.82. The Hall–Kier alpha value is -2.66. The van der Waals surface area contributed by atoms with Crippen LogP contribution in [0.2, 0.25) is 0 Å². The van der Waals surface area contributed by atoms with Crippen molar-refractivity contribution in [2.45, 2.75) is 64.6 Å². The van der Waals surface area contributed by atoms with Crippen molar-refractivity contribution in [3.05, 3.63) is 64.7 Å². The number of rotatable bonds is 4. The fraction of sp³-hybridized carbons (Fsp3) is 0.400. The van der Waals surface area contributed by atoms with E-state index in [2.05, 4.69) is 0 Å². The summed E-state index contributed by atoms with van der Waals surface area (Å²) in [5.41, 5.74) is 0.432. The normalized spacial score (nSPS) is 20.4. The molecule has 0 amide bonds. The summed E-state index contributed by atoms with van der Waals surface area (Å²) < 4.78 is 25.7. The van der Waals surface area contributed by atoms with Crippen molar-refractivity contribution >= 4 is 11.4 Å². The summed E-state index contributed by atoms with van der Waals surface area (Å²) in [5.74, 6) is 0.527. The summed E-state index contributed by atoms with van der Waals surface area (Å²) in [7, 11) is 0. The number of aliphatic hydroxyl groups is 1. The average molecular weight is 410 g/mol. The second kappa shape index (κ2) is 6.95. The number of benzene rings is 2. The number of ketones is 1. The van der Waals surface area contributed by atoms with Crippen LogP contribution >= 0.6 is 0 Å². The summed E-state index contributed by atoms with van der Waals surface area (Å²) in [4.78, 5) is 13.3. The van der Waals surface area contributed by atoms with Gasteiger partial charge in [-0.2, -0.15) is 0 Å². The molecule has 1 N–H and O–H groups in total. The van der Waals surface area contributed by atoms with Crippen molar-refractivity contribution < 1.29 is 23.8 Å². The number of carbonyl (C=O) groups is 1. The van der Waals surface area contributed by atoms with E-state index >= 15 is 0 Å². The van der Waals surface area contributed by atoms with Gasteiger partial charge in [0, 0.05) is 6.07 Å². The minimum atomic E-state index is -1.07. The van der Waals surface area contributed by atoms with Crippen LogP contribution in [0, 0.1) is 12.7 Å². The van der Waals surface area contributed by atoms with Crippen LogP contribution in [0.15, 0.2) is 42.2 Å². The first-order valence-electron chi connectivity index (χ1n) is 10.3. The van der Waals surface area contributed by atoms with E-state index in [-0.39, 0.29) is 22.9 Å². The second-order valence-electron chi connectivity index (χ2n) is 9.21. The van der Waals surface area contributed by atoms with E-state index in [9.17, 15) is 14.3 Å². The lowest BCUT2D eigenvalue weighted by atomic mass is 9.81. The van der Waals surface area contributed by atoms with Crippen molar-refractivity contribution in [3.8, 4) is 11.5 Å². The van der Waals surface area contributed by atoms with Crippen molar-refractivity contribution in [2.24, 2.45) is 0 Å². The summed E-state index contributed by atoms with van der Waals surface area (Å²) in [5, 5.41) is 11.0. The second-order valence-corrected chi connectivity index (χ2v) is 9.21. The van der Waals surface area contributed by atoms with Gasteiger partial charge in [0.05, 0.1) is 5.57 Å². The van der Waals surface area contributed by atoms with E-state index in [1.54, 1.807) is 52.8 Å². The quantitative estimate of drug-likeness (QED) is 0.649. The number of ether oxygens (including phenoxy) is 2. The Bertz CT molecular complexity index is 1060. The van der Waals surface area contributed by atoms with Gasteiger partial charge in [0.25, 0.3) is 0 Å². The van der Waals surface area contributed by atoms with Gasteiger partial charge in [0.1, 0.15) is 34.3 Å². The number of halogens is 1. The van der Waals surface area contributed by atoms with E-state index in [0.717, 1.165) is 18.4 Å². The highest BCUT2D eigenvalue weighted by Crippen LogP contribution is 2.48. The van der Waals surface area contributed by atoms with Crippen LogP contribution in [-0.2, 0) is 9.53 Å². The lowest BCUT2D eigenvalue weighted by Gasteiger charge is -2.40. The zero-order valence-electron chi connectivity index (χ0n) is 18.0. The first-order valence-corrected chi connectivity index (χ1v) is 10.3. The first-order chi connectivity index (χ1) is 14.0. The van der Waals surface area contributed by atoms with Crippen LogP contribution in [0.25, 0.3) is 5.57 Å². The van der Waals surface area contributed by atoms with Crippen molar-refractivity contribution in [3.63, 3.8) is 0 Å². The average Bonchev–Trinajstić information content (AvgIpc) is 3.48. The van der Waals surface area contributed by atoms with Crippen LogP contribution in [0.4, 0.5) is 4.39 Å². The molecule has 158 valence electrons. The van der Waals surface area contributed by atoms with Crippen LogP contribution in [-0.4, -0.2) is 22.1 Å².